The van der Waals surface area contributed by atoms with Crippen molar-refractivity contribution in [2.24, 2.45) is 0 Å². The Morgan fingerprint density at radius 3 is 3.06 bits per heavy atom. The minimum Gasteiger partial charge on any atom is -0.481 e. The molecule has 6 heteroatoms. The molecular formula is C10H12N2O4. The van der Waals surface area contributed by atoms with Crippen molar-refractivity contribution >= 4 is 11.9 Å². The van der Waals surface area contributed by atoms with Gasteiger partial charge in [0.15, 0.2) is 0 Å². The van der Waals surface area contributed by atoms with E-state index in [1.165, 1.54) is 12.3 Å². The van der Waals surface area contributed by atoms with Crippen LogP contribution in [0.1, 0.15) is 29.8 Å². The number of carbonyl (C=O) groups is 2. The quantitative estimate of drug-likeness (QED) is 0.819. The lowest BCUT2D eigenvalue weighted by molar-refractivity contribution is -0.137. The molecule has 86 valence electrons. The fourth-order valence-corrected chi connectivity index (χ4v) is 1.98. The van der Waals surface area contributed by atoms with Gasteiger partial charge in [-0.2, -0.15) is 0 Å². The van der Waals surface area contributed by atoms with Crippen LogP contribution in [0.2, 0.25) is 0 Å². The Balaban J connectivity index is 2.08. The van der Waals surface area contributed by atoms with Crippen molar-refractivity contribution in [1.29, 1.82) is 0 Å². The van der Waals surface area contributed by atoms with Gasteiger partial charge in [-0.1, -0.05) is 5.16 Å². The number of aliphatic carboxylic acids is 1. The molecule has 1 saturated heterocycles. The summed E-state index contributed by atoms with van der Waals surface area (Å²) in [5.41, 5.74) is 0. The van der Waals surface area contributed by atoms with E-state index < -0.39 is 5.97 Å². The highest BCUT2D eigenvalue weighted by Crippen LogP contribution is 2.22. The number of amides is 1. The van der Waals surface area contributed by atoms with Crippen LogP contribution >= 0.6 is 0 Å². The van der Waals surface area contributed by atoms with Crippen molar-refractivity contribution in [2.75, 3.05) is 6.54 Å². The summed E-state index contributed by atoms with van der Waals surface area (Å²) in [6.07, 6.45) is 2.94. The molecule has 1 atom stereocenters. The number of nitrogens with zero attached hydrogens (tertiary/aromatic N) is 2. The van der Waals surface area contributed by atoms with E-state index in [1.807, 2.05) is 0 Å². The van der Waals surface area contributed by atoms with E-state index in [2.05, 4.69) is 5.16 Å². The van der Waals surface area contributed by atoms with E-state index in [9.17, 15) is 9.59 Å². The van der Waals surface area contributed by atoms with Crippen molar-refractivity contribution in [2.45, 2.75) is 25.3 Å². The van der Waals surface area contributed by atoms with Crippen LogP contribution in [0.5, 0.6) is 0 Å². The Labute approximate surface area is 91.8 Å². The number of aromatic nitrogens is 1. The lowest BCUT2D eigenvalue weighted by Crippen LogP contribution is -2.36. The molecule has 1 aromatic heterocycles. The molecule has 1 N–H and O–H groups in total. The van der Waals surface area contributed by atoms with Crippen molar-refractivity contribution in [3.05, 3.63) is 18.0 Å². The van der Waals surface area contributed by atoms with Crippen LogP contribution in [-0.4, -0.2) is 39.6 Å². The fraction of sp³-hybridized carbons (Fsp3) is 0.500. The molecule has 0 aliphatic carbocycles. The molecule has 0 aromatic carbocycles. The SMILES string of the molecule is O=C(O)CC1CCCN1C(=O)c1ccno1. The second-order valence-electron chi connectivity index (χ2n) is 3.77. The van der Waals surface area contributed by atoms with Crippen LogP contribution in [0, 0.1) is 0 Å². The Morgan fingerprint density at radius 1 is 1.62 bits per heavy atom. The number of carboxylic acid groups (broad SMARTS) is 1. The number of likely N-dealkylation sites (tertiary alicyclic amines) is 1. The van der Waals surface area contributed by atoms with E-state index >= 15 is 0 Å². The maximum atomic E-state index is 11.9. The highest BCUT2D eigenvalue weighted by Gasteiger charge is 2.32. The summed E-state index contributed by atoms with van der Waals surface area (Å²) < 4.78 is 4.77. The van der Waals surface area contributed by atoms with Gasteiger partial charge in [0.05, 0.1) is 12.6 Å². The molecule has 0 saturated carbocycles. The first-order valence-corrected chi connectivity index (χ1v) is 5.12. The second kappa shape index (κ2) is 4.34. The number of carboxylic acids is 1. The van der Waals surface area contributed by atoms with Crippen LogP contribution < -0.4 is 0 Å². The van der Waals surface area contributed by atoms with E-state index in [0.717, 1.165) is 12.8 Å². The zero-order valence-corrected chi connectivity index (χ0v) is 8.63. The molecule has 1 fully saturated rings. The predicted molar refractivity (Wildman–Crippen MR) is 52.8 cm³/mol. The lowest BCUT2D eigenvalue weighted by Gasteiger charge is -2.21. The zero-order chi connectivity index (χ0) is 11.5. The first-order chi connectivity index (χ1) is 7.68. The first-order valence-electron chi connectivity index (χ1n) is 5.12. The molecule has 0 radical (unpaired) electrons. The molecule has 1 unspecified atom stereocenters. The number of carbonyl (C=O) groups excluding carboxylic acids is 1. The molecule has 16 heavy (non-hydrogen) atoms. The molecule has 0 bridgehead atoms. The second-order valence-corrected chi connectivity index (χ2v) is 3.77. The summed E-state index contributed by atoms with van der Waals surface area (Å²) in [5, 5.41) is 12.2. The molecule has 1 aliphatic rings. The molecule has 1 aromatic rings. The van der Waals surface area contributed by atoms with E-state index in [0.29, 0.717) is 6.54 Å². The van der Waals surface area contributed by atoms with Gasteiger partial charge in [0.25, 0.3) is 5.91 Å². The maximum Gasteiger partial charge on any atom is 0.305 e. The standard InChI is InChI=1S/C10H12N2O4/c13-9(14)6-7-2-1-5-12(7)10(15)8-3-4-11-16-8/h3-4,7H,1-2,5-6H2,(H,13,14). The van der Waals surface area contributed by atoms with Crippen LogP contribution in [0.4, 0.5) is 0 Å². The van der Waals surface area contributed by atoms with Crippen LogP contribution in [0.3, 0.4) is 0 Å². The van der Waals surface area contributed by atoms with Crippen LogP contribution in [-0.2, 0) is 4.79 Å². The summed E-state index contributed by atoms with van der Waals surface area (Å²) in [6, 6.07) is 1.26. The Hall–Kier alpha value is -1.85. The van der Waals surface area contributed by atoms with Gasteiger partial charge in [0, 0.05) is 18.7 Å². The third-order valence-corrected chi connectivity index (χ3v) is 2.70. The van der Waals surface area contributed by atoms with E-state index in [4.69, 9.17) is 9.63 Å². The smallest absolute Gasteiger partial charge is 0.305 e. The van der Waals surface area contributed by atoms with Crippen LogP contribution in [0.15, 0.2) is 16.8 Å². The normalized spacial score (nSPS) is 20.0. The lowest BCUT2D eigenvalue weighted by atomic mass is 10.1. The van der Waals surface area contributed by atoms with Gasteiger partial charge in [-0.15, -0.1) is 0 Å². The Kier molecular flexibility index (Phi) is 2.89. The predicted octanol–water partition coefficient (Wildman–Crippen LogP) is 0.754. The Morgan fingerprint density at radius 2 is 2.44 bits per heavy atom. The largest absolute Gasteiger partial charge is 0.481 e. The average Bonchev–Trinajstić information content (AvgIpc) is 2.84. The molecule has 6 nitrogen and oxygen atoms in total. The van der Waals surface area contributed by atoms with Crippen LogP contribution in [0.25, 0.3) is 0 Å². The van der Waals surface area contributed by atoms with Gasteiger partial charge in [-0.25, -0.2) is 0 Å². The number of rotatable bonds is 3. The van der Waals surface area contributed by atoms with E-state index in [1.54, 1.807) is 4.90 Å². The monoisotopic (exact) mass is 224 g/mol. The minimum absolute atomic E-state index is 0.0140. The molecule has 0 spiro atoms. The van der Waals surface area contributed by atoms with Gasteiger partial charge >= 0.3 is 5.97 Å². The van der Waals surface area contributed by atoms with E-state index in [-0.39, 0.29) is 24.1 Å². The fourth-order valence-electron chi connectivity index (χ4n) is 1.98. The summed E-state index contributed by atoms with van der Waals surface area (Å²) >= 11 is 0. The van der Waals surface area contributed by atoms with Gasteiger partial charge in [0.2, 0.25) is 5.76 Å². The molecule has 1 amide bonds. The highest BCUT2D eigenvalue weighted by atomic mass is 16.5. The topological polar surface area (TPSA) is 83.6 Å². The van der Waals surface area contributed by atoms with Crippen molar-refractivity contribution in [3.8, 4) is 0 Å². The molecular weight excluding hydrogens is 212 g/mol. The van der Waals surface area contributed by atoms with Gasteiger partial charge in [-0.3, -0.25) is 9.59 Å². The average molecular weight is 224 g/mol. The highest BCUT2D eigenvalue weighted by molar-refractivity contribution is 5.92. The molecule has 2 rings (SSSR count). The maximum absolute atomic E-state index is 11.9. The number of hydrogen-bond donors (Lipinski definition) is 1. The molecule has 2 heterocycles. The third-order valence-electron chi connectivity index (χ3n) is 2.70. The summed E-state index contributed by atoms with van der Waals surface area (Å²) in [5.74, 6) is -0.999. The Bertz CT molecular complexity index is 388. The summed E-state index contributed by atoms with van der Waals surface area (Å²) in [4.78, 5) is 24.1. The van der Waals surface area contributed by atoms with Crippen molar-refractivity contribution < 1.29 is 19.2 Å². The number of hydrogen-bond acceptors (Lipinski definition) is 4. The van der Waals surface area contributed by atoms with Gasteiger partial charge in [-0.05, 0) is 12.8 Å². The summed E-state index contributed by atoms with van der Waals surface area (Å²) in [7, 11) is 0. The van der Waals surface area contributed by atoms with Gasteiger partial charge < -0.3 is 14.5 Å². The zero-order valence-electron chi connectivity index (χ0n) is 8.63. The van der Waals surface area contributed by atoms with Crippen molar-refractivity contribution in [3.63, 3.8) is 0 Å². The minimum atomic E-state index is -0.887. The molecule has 1 aliphatic heterocycles. The van der Waals surface area contributed by atoms with Crippen molar-refractivity contribution in [1.82, 2.24) is 10.1 Å². The third kappa shape index (κ3) is 2.05. The van der Waals surface area contributed by atoms with Gasteiger partial charge in [0.1, 0.15) is 0 Å². The first kappa shape index (κ1) is 10.7. The summed E-state index contributed by atoms with van der Waals surface area (Å²) in [6.45, 7) is 0.581.